The van der Waals surface area contributed by atoms with E-state index in [1.54, 1.807) is 12.1 Å². The maximum absolute atomic E-state index is 12.3. The second-order valence-electron chi connectivity index (χ2n) is 4.84. The minimum atomic E-state index is -0.182. The molecule has 2 rings (SSSR count). The Morgan fingerprint density at radius 2 is 2.10 bits per heavy atom. The molecule has 1 amide bonds. The van der Waals surface area contributed by atoms with Crippen LogP contribution in [-0.2, 0) is 6.42 Å². The largest absolute Gasteiger partial charge is 0.322 e. The van der Waals surface area contributed by atoms with Gasteiger partial charge in [0.25, 0.3) is 5.91 Å². The van der Waals surface area contributed by atoms with Crippen molar-refractivity contribution in [3.63, 3.8) is 0 Å². The number of anilines is 1. The maximum atomic E-state index is 12.3. The molecule has 1 heterocycles. The molecule has 21 heavy (non-hydrogen) atoms. The predicted molar refractivity (Wildman–Crippen MR) is 90.1 cm³/mol. The molecule has 0 radical (unpaired) electrons. The molecule has 2 aromatic rings. The monoisotopic (exact) mass is 366 g/mol. The summed E-state index contributed by atoms with van der Waals surface area (Å²) < 4.78 is 1.01. The van der Waals surface area contributed by atoms with Crippen LogP contribution < -0.4 is 5.32 Å². The number of aromatic nitrogens is 1. The molecule has 0 spiro atoms. The summed E-state index contributed by atoms with van der Waals surface area (Å²) in [6.45, 7) is 4.04. The van der Waals surface area contributed by atoms with Crippen molar-refractivity contribution in [3.8, 4) is 0 Å². The maximum Gasteiger partial charge on any atom is 0.255 e. The van der Waals surface area contributed by atoms with Crippen molar-refractivity contribution in [1.82, 2.24) is 4.98 Å². The highest BCUT2D eigenvalue weighted by Gasteiger charge is 2.10. The number of carbonyl (C=O) groups is 1. The van der Waals surface area contributed by atoms with E-state index in [-0.39, 0.29) is 5.91 Å². The van der Waals surface area contributed by atoms with Crippen LogP contribution in [-0.4, -0.2) is 10.9 Å². The van der Waals surface area contributed by atoms with E-state index in [1.165, 1.54) is 0 Å². The van der Waals surface area contributed by atoms with Crippen molar-refractivity contribution in [3.05, 3.63) is 56.8 Å². The Morgan fingerprint density at radius 1 is 1.33 bits per heavy atom. The van der Waals surface area contributed by atoms with Gasteiger partial charge in [-0.1, -0.05) is 40.9 Å². The normalized spacial score (nSPS) is 10.5. The molecular weight excluding hydrogens is 352 g/mol. The van der Waals surface area contributed by atoms with E-state index in [0.717, 1.165) is 34.3 Å². The number of pyridine rings is 1. The van der Waals surface area contributed by atoms with Gasteiger partial charge >= 0.3 is 0 Å². The molecule has 3 nitrogen and oxygen atoms in total. The fourth-order valence-electron chi connectivity index (χ4n) is 1.99. The fraction of sp³-hybridized carbons (Fsp3) is 0.250. The van der Waals surface area contributed by atoms with Gasteiger partial charge in [0.05, 0.1) is 0 Å². The van der Waals surface area contributed by atoms with E-state index in [4.69, 9.17) is 11.6 Å². The third kappa shape index (κ3) is 4.29. The van der Waals surface area contributed by atoms with Crippen LogP contribution >= 0.6 is 27.5 Å². The second-order valence-corrected chi connectivity index (χ2v) is 6.08. The number of nitrogens with zero attached hydrogens (tertiary/aromatic N) is 1. The second kappa shape index (κ2) is 7.05. The minimum Gasteiger partial charge on any atom is -0.322 e. The number of amides is 1. The Bertz CT molecular complexity index is 673. The highest BCUT2D eigenvalue weighted by molar-refractivity contribution is 9.10. The number of carbonyl (C=O) groups excluding carboxylic acids is 1. The third-order valence-corrected chi connectivity index (χ3v) is 4.11. The molecule has 1 aromatic carbocycles. The number of rotatable bonds is 4. The first kappa shape index (κ1) is 16.0. The first-order chi connectivity index (χ1) is 9.99. The third-order valence-electron chi connectivity index (χ3n) is 3.03. The van der Waals surface area contributed by atoms with Crippen molar-refractivity contribution in [2.75, 3.05) is 5.32 Å². The van der Waals surface area contributed by atoms with Crippen molar-refractivity contribution in [1.29, 1.82) is 0 Å². The van der Waals surface area contributed by atoms with Crippen molar-refractivity contribution in [2.45, 2.75) is 26.7 Å². The molecule has 0 aliphatic heterocycles. The topological polar surface area (TPSA) is 42.0 Å². The molecule has 0 fully saturated rings. The molecule has 0 bridgehead atoms. The van der Waals surface area contributed by atoms with Crippen LogP contribution in [0.3, 0.4) is 0 Å². The lowest BCUT2D eigenvalue weighted by atomic mass is 10.1. The fourth-order valence-corrected chi connectivity index (χ4v) is 2.46. The van der Waals surface area contributed by atoms with Crippen LogP contribution in [0.25, 0.3) is 0 Å². The summed E-state index contributed by atoms with van der Waals surface area (Å²) in [6, 6.07) is 9.05. The zero-order chi connectivity index (χ0) is 15.4. The molecule has 0 aliphatic rings. The summed E-state index contributed by atoms with van der Waals surface area (Å²) in [5, 5.41) is 3.22. The van der Waals surface area contributed by atoms with Gasteiger partial charge in [0, 0.05) is 21.4 Å². The van der Waals surface area contributed by atoms with Gasteiger partial charge in [-0.05, 0) is 49.2 Å². The first-order valence-electron chi connectivity index (χ1n) is 6.73. The summed E-state index contributed by atoms with van der Waals surface area (Å²) in [5.41, 5.74) is 3.18. The molecule has 0 saturated carbocycles. The summed E-state index contributed by atoms with van der Waals surface area (Å²) in [7, 11) is 0. The molecule has 5 heteroatoms. The van der Waals surface area contributed by atoms with Crippen LogP contribution in [0.2, 0.25) is 5.15 Å². The van der Waals surface area contributed by atoms with Crippen LogP contribution in [0.5, 0.6) is 0 Å². The molecule has 1 N–H and O–H groups in total. The van der Waals surface area contributed by atoms with E-state index in [1.807, 2.05) is 25.1 Å². The van der Waals surface area contributed by atoms with Gasteiger partial charge < -0.3 is 5.32 Å². The quantitative estimate of drug-likeness (QED) is 0.772. The Balaban J connectivity index is 2.21. The number of nitrogens with one attached hydrogen (secondary N) is 1. The van der Waals surface area contributed by atoms with E-state index in [9.17, 15) is 4.79 Å². The van der Waals surface area contributed by atoms with E-state index < -0.39 is 0 Å². The standard InChI is InChI=1S/C16H16BrClN2O/c1-3-4-12-8-11(9-15(18)19-12)16(21)20-13-5-6-14(17)10(2)7-13/h5-9H,3-4H2,1-2H3,(H,20,21). The van der Waals surface area contributed by atoms with E-state index in [0.29, 0.717) is 10.7 Å². The van der Waals surface area contributed by atoms with Crippen LogP contribution in [0, 0.1) is 6.92 Å². The smallest absolute Gasteiger partial charge is 0.255 e. The molecule has 1 aromatic heterocycles. The number of hydrogen-bond acceptors (Lipinski definition) is 2. The Hall–Kier alpha value is -1.39. The average Bonchev–Trinajstić information content (AvgIpc) is 2.42. The van der Waals surface area contributed by atoms with E-state index in [2.05, 4.69) is 33.2 Å². The van der Waals surface area contributed by atoms with Gasteiger partial charge in [0.2, 0.25) is 0 Å². The zero-order valence-corrected chi connectivity index (χ0v) is 14.3. The van der Waals surface area contributed by atoms with Crippen molar-refractivity contribution in [2.24, 2.45) is 0 Å². The molecule has 0 aliphatic carbocycles. The predicted octanol–water partition coefficient (Wildman–Crippen LogP) is 5.01. The van der Waals surface area contributed by atoms with E-state index >= 15 is 0 Å². The van der Waals surface area contributed by atoms with Gasteiger partial charge in [-0.3, -0.25) is 4.79 Å². The molecule has 0 saturated heterocycles. The van der Waals surface area contributed by atoms with Crippen LogP contribution in [0.4, 0.5) is 5.69 Å². The average molecular weight is 368 g/mol. The molecule has 0 unspecified atom stereocenters. The van der Waals surface area contributed by atoms with Crippen LogP contribution in [0.1, 0.15) is 35.0 Å². The number of halogens is 2. The van der Waals surface area contributed by atoms with Gasteiger partial charge in [-0.15, -0.1) is 0 Å². The number of hydrogen-bond donors (Lipinski definition) is 1. The van der Waals surface area contributed by atoms with Crippen molar-refractivity contribution < 1.29 is 4.79 Å². The highest BCUT2D eigenvalue weighted by atomic mass is 79.9. The van der Waals surface area contributed by atoms with Gasteiger partial charge in [-0.25, -0.2) is 4.98 Å². The van der Waals surface area contributed by atoms with Gasteiger partial charge in [-0.2, -0.15) is 0 Å². The SMILES string of the molecule is CCCc1cc(C(=O)Nc2ccc(Br)c(C)c2)cc(Cl)n1. The Kier molecular flexibility index (Phi) is 5.37. The summed E-state index contributed by atoms with van der Waals surface area (Å²) >= 11 is 9.42. The van der Waals surface area contributed by atoms with Gasteiger partial charge in [0.15, 0.2) is 0 Å². The Morgan fingerprint density at radius 3 is 2.76 bits per heavy atom. The lowest BCUT2D eigenvalue weighted by molar-refractivity contribution is 0.102. The van der Waals surface area contributed by atoms with Crippen molar-refractivity contribution >= 4 is 39.1 Å². The lowest BCUT2D eigenvalue weighted by Crippen LogP contribution is -2.13. The molecular formula is C16H16BrClN2O. The first-order valence-corrected chi connectivity index (χ1v) is 7.90. The van der Waals surface area contributed by atoms with Crippen LogP contribution in [0.15, 0.2) is 34.8 Å². The molecule has 110 valence electrons. The number of benzene rings is 1. The summed E-state index contributed by atoms with van der Waals surface area (Å²) in [5.74, 6) is -0.182. The number of aryl methyl sites for hydroxylation is 2. The van der Waals surface area contributed by atoms with Gasteiger partial charge in [0.1, 0.15) is 5.15 Å². The minimum absolute atomic E-state index is 0.182. The lowest BCUT2D eigenvalue weighted by Gasteiger charge is -2.08. The summed E-state index contributed by atoms with van der Waals surface area (Å²) in [4.78, 5) is 16.5. The molecule has 0 atom stereocenters. The zero-order valence-electron chi connectivity index (χ0n) is 11.9. The summed E-state index contributed by atoms with van der Waals surface area (Å²) in [6.07, 6.45) is 1.76. The highest BCUT2D eigenvalue weighted by Crippen LogP contribution is 2.21. The Labute approximate surface area is 137 Å².